The number of amides is 1. The van der Waals surface area contributed by atoms with E-state index in [0.29, 0.717) is 23.7 Å². The Labute approximate surface area is 126 Å². The van der Waals surface area contributed by atoms with E-state index in [1.165, 1.54) is 12.1 Å². The molecule has 1 aromatic rings. The minimum absolute atomic E-state index is 0.0652. The highest BCUT2D eigenvalue weighted by Crippen LogP contribution is 2.16. The zero-order valence-electron chi connectivity index (χ0n) is 12.6. The number of anilines is 1. The Bertz CT molecular complexity index is 597. The van der Waals surface area contributed by atoms with Gasteiger partial charge in [0, 0.05) is 25.2 Å². The lowest BCUT2D eigenvalue weighted by molar-refractivity contribution is -0.121. The second-order valence-corrected chi connectivity index (χ2v) is 7.13. The van der Waals surface area contributed by atoms with Gasteiger partial charge in [-0.1, -0.05) is 13.8 Å². The molecule has 1 amide bonds. The summed E-state index contributed by atoms with van der Waals surface area (Å²) in [5, 5.41) is 2.73. The van der Waals surface area contributed by atoms with Crippen molar-refractivity contribution in [3.63, 3.8) is 0 Å². The smallest absolute Gasteiger partial charge is 0.240 e. The minimum Gasteiger partial charge on any atom is -0.399 e. The molecule has 21 heavy (non-hydrogen) atoms. The molecular weight excluding hydrogens is 290 g/mol. The van der Waals surface area contributed by atoms with Crippen molar-refractivity contribution in [3.05, 3.63) is 23.8 Å². The molecular formula is C14H23N3O3S. The normalized spacial score (nSPS) is 11.6. The number of nitrogens with one attached hydrogen (secondary N) is 2. The summed E-state index contributed by atoms with van der Waals surface area (Å²) < 4.78 is 26.5. The van der Waals surface area contributed by atoms with Crippen LogP contribution in [0.5, 0.6) is 0 Å². The van der Waals surface area contributed by atoms with Crippen molar-refractivity contribution >= 4 is 21.6 Å². The number of carbonyl (C=O) groups excluding carboxylic acids is 1. The molecule has 0 aliphatic heterocycles. The van der Waals surface area contributed by atoms with Gasteiger partial charge in [0.05, 0.1) is 4.90 Å². The fourth-order valence-corrected chi connectivity index (χ4v) is 2.72. The average molecular weight is 313 g/mol. The Balaban J connectivity index is 2.53. The summed E-state index contributed by atoms with van der Waals surface area (Å²) >= 11 is 0. The first kappa shape index (κ1) is 17.5. The monoisotopic (exact) mass is 313 g/mol. The highest BCUT2D eigenvalue weighted by atomic mass is 32.2. The van der Waals surface area contributed by atoms with E-state index < -0.39 is 10.0 Å². The zero-order chi connectivity index (χ0) is 16.0. The highest BCUT2D eigenvalue weighted by Gasteiger charge is 2.15. The Kier molecular flexibility index (Phi) is 6.17. The lowest BCUT2D eigenvalue weighted by atomic mass is 10.2. The fourth-order valence-electron chi connectivity index (χ4n) is 1.60. The lowest BCUT2D eigenvalue weighted by Gasteiger charge is -2.10. The van der Waals surface area contributed by atoms with Gasteiger partial charge in [0.1, 0.15) is 0 Å². The summed E-state index contributed by atoms with van der Waals surface area (Å²) in [4.78, 5) is 11.7. The SMILES string of the molecule is Cc1cc(S(=O)(=O)NCCC(=O)NCC(C)C)ccc1N. The van der Waals surface area contributed by atoms with E-state index in [9.17, 15) is 13.2 Å². The molecule has 0 radical (unpaired) electrons. The van der Waals surface area contributed by atoms with Crippen molar-refractivity contribution in [2.45, 2.75) is 32.1 Å². The van der Waals surface area contributed by atoms with Gasteiger partial charge in [-0.05, 0) is 36.6 Å². The second-order valence-electron chi connectivity index (χ2n) is 5.36. The first-order chi connectivity index (χ1) is 9.72. The number of nitrogen functional groups attached to an aromatic ring is 1. The molecule has 1 rings (SSSR count). The Hall–Kier alpha value is -1.60. The quantitative estimate of drug-likeness (QED) is 0.654. The largest absolute Gasteiger partial charge is 0.399 e. The molecule has 0 atom stereocenters. The van der Waals surface area contributed by atoms with Gasteiger partial charge in [0.2, 0.25) is 15.9 Å². The van der Waals surface area contributed by atoms with E-state index in [2.05, 4.69) is 10.0 Å². The second kappa shape index (κ2) is 7.42. The van der Waals surface area contributed by atoms with Crippen LogP contribution in [0.4, 0.5) is 5.69 Å². The Morgan fingerprint density at radius 1 is 1.33 bits per heavy atom. The highest BCUT2D eigenvalue weighted by molar-refractivity contribution is 7.89. The average Bonchev–Trinajstić information content (AvgIpc) is 2.39. The van der Waals surface area contributed by atoms with Crippen LogP contribution in [0.3, 0.4) is 0 Å². The van der Waals surface area contributed by atoms with Crippen LogP contribution in [0.1, 0.15) is 25.8 Å². The maximum atomic E-state index is 12.1. The molecule has 0 bridgehead atoms. The van der Waals surface area contributed by atoms with Crippen LogP contribution in [-0.4, -0.2) is 27.4 Å². The van der Waals surface area contributed by atoms with Crippen molar-refractivity contribution < 1.29 is 13.2 Å². The molecule has 7 heteroatoms. The van der Waals surface area contributed by atoms with E-state index in [1.807, 2.05) is 13.8 Å². The predicted octanol–water partition coefficient (Wildman–Crippen LogP) is 1.02. The number of rotatable bonds is 7. The molecule has 6 nitrogen and oxygen atoms in total. The number of hydrogen-bond donors (Lipinski definition) is 3. The van der Waals surface area contributed by atoms with Gasteiger partial charge in [-0.2, -0.15) is 0 Å². The number of carbonyl (C=O) groups is 1. The van der Waals surface area contributed by atoms with Gasteiger partial charge < -0.3 is 11.1 Å². The summed E-state index contributed by atoms with van der Waals surface area (Å²) in [5.74, 6) is 0.197. The van der Waals surface area contributed by atoms with Crippen molar-refractivity contribution in [2.24, 2.45) is 5.92 Å². The number of nitrogens with two attached hydrogens (primary N) is 1. The van der Waals surface area contributed by atoms with Gasteiger partial charge in [0.25, 0.3) is 0 Å². The molecule has 0 heterocycles. The van der Waals surface area contributed by atoms with Crippen LogP contribution in [0.2, 0.25) is 0 Å². The molecule has 0 aliphatic rings. The van der Waals surface area contributed by atoms with Crippen LogP contribution in [0.15, 0.2) is 23.1 Å². The standard InChI is InChI=1S/C14H23N3O3S/c1-10(2)9-16-14(18)6-7-17-21(19,20)12-4-5-13(15)11(3)8-12/h4-5,8,10,17H,6-7,9,15H2,1-3H3,(H,16,18). The lowest BCUT2D eigenvalue weighted by Crippen LogP contribution is -2.32. The summed E-state index contributed by atoms with van der Waals surface area (Å²) in [5.41, 5.74) is 6.91. The first-order valence-electron chi connectivity index (χ1n) is 6.85. The molecule has 0 aromatic heterocycles. The zero-order valence-corrected chi connectivity index (χ0v) is 13.5. The molecule has 1 aromatic carbocycles. The molecule has 0 saturated heterocycles. The maximum absolute atomic E-state index is 12.1. The van der Waals surface area contributed by atoms with Crippen LogP contribution < -0.4 is 15.8 Å². The van der Waals surface area contributed by atoms with Crippen molar-refractivity contribution in [2.75, 3.05) is 18.8 Å². The van der Waals surface area contributed by atoms with Crippen LogP contribution in [0, 0.1) is 12.8 Å². The Morgan fingerprint density at radius 3 is 2.57 bits per heavy atom. The molecule has 0 aliphatic carbocycles. The van der Waals surface area contributed by atoms with Crippen LogP contribution >= 0.6 is 0 Å². The van der Waals surface area contributed by atoms with Crippen molar-refractivity contribution in [3.8, 4) is 0 Å². The maximum Gasteiger partial charge on any atom is 0.240 e. The van der Waals surface area contributed by atoms with E-state index >= 15 is 0 Å². The molecule has 0 spiro atoms. The number of hydrogen-bond acceptors (Lipinski definition) is 4. The van der Waals surface area contributed by atoms with Crippen molar-refractivity contribution in [1.82, 2.24) is 10.0 Å². The van der Waals surface area contributed by atoms with Gasteiger partial charge in [-0.25, -0.2) is 13.1 Å². The van der Waals surface area contributed by atoms with E-state index in [-0.39, 0.29) is 23.8 Å². The molecule has 0 fully saturated rings. The topological polar surface area (TPSA) is 101 Å². The summed E-state index contributed by atoms with van der Waals surface area (Å²) in [7, 11) is -3.61. The molecule has 118 valence electrons. The van der Waals surface area contributed by atoms with Gasteiger partial charge in [-0.15, -0.1) is 0 Å². The summed E-state index contributed by atoms with van der Waals surface area (Å²) in [6.07, 6.45) is 0.111. The van der Waals surface area contributed by atoms with Crippen LogP contribution in [-0.2, 0) is 14.8 Å². The van der Waals surface area contributed by atoms with Gasteiger partial charge in [-0.3, -0.25) is 4.79 Å². The third-order valence-electron chi connectivity index (χ3n) is 2.90. The van der Waals surface area contributed by atoms with E-state index in [1.54, 1.807) is 13.0 Å². The van der Waals surface area contributed by atoms with E-state index in [4.69, 9.17) is 5.73 Å². The van der Waals surface area contributed by atoms with Crippen LogP contribution in [0.25, 0.3) is 0 Å². The van der Waals surface area contributed by atoms with Gasteiger partial charge in [0.15, 0.2) is 0 Å². The molecule has 0 saturated carbocycles. The summed E-state index contributed by atoms with van der Waals surface area (Å²) in [6.45, 7) is 6.38. The van der Waals surface area contributed by atoms with Gasteiger partial charge >= 0.3 is 0 Å². The third kappa shape index (κ3) is 5.73. The number of sulfonamides is 1. The molecule has 4 N–H and O–H groups in total. The third-order valence-corrected chi connectivity index (χ3v) is 4.36. The van der Waals surface area contributed by atoms with E-state index in [0.717, 1.165) is 0 Å². The fraction of sp³-hybridized carbons (Fsp3) is 0.500. The van der Waals surface area contributed by atoms with Crippen molar-refractivity contribution in [1.29, 1.82) is 0 Å². The number of benzene rings is 1. The summed E-state index contributed by atoms with van der Waals surface area (Å²) in [6, 6.07) is 4.51. The molecule has 0 unspecified atom stereocenters. The first-order valence-corrected chi connectivity index (χ1v) is 8.33. The predicted molar refractivity (Wildman–Crippen MR) is 83.2 cm³/mol. The Morgan fingerprint density at radius 2 is 2.00 bits per heavy atom. The number of aryl methyl sites for hydroxylation is 1. The minimum atomic E-state index is -3.61.